The summed E-state index contributed by atoms with van der Waals surface area (Å²) in [6.45, 7) is 7.75. The number of fused-ring (bicyclic) bond motifs is 5. The van der Waals surface area contributed by atoms with Crippen molar-refractivity contribution in [2.24, 2.45) is 45.4 Å². The van der Waals surface area contributed by atoms with Crippen molar-refractivity contribution in [1.29, 1.82) is 5.41 Å². The van der Waals surface area contributed by atoms with Gasteiger partial charge in [-0.3, -0.25) is 5.41 Å². The molecule has 6 N–H and O–H groups in total. The van der Waals surface area contributed by atoms with E-state index in [9.17, 15) is 10.2 Å². The Bertz CT molecular complexity index is 816. The summed E-state index contributed by atoms with van der Waals surface area (Å²) >= 11 is 0. The third-order valence-corrected chi connectivity index (χ3v) is 10.5. The van der Waals surface area contributed by atoms with Gasteiger partial charge in [-0.15, -0.1) is 0 Å². The standard InChI is InChI=1S/C27H46N4O3/c1-4-18(17-31-34-14-13-30-24(28)29)15-20-7-12-27(33)23-6-5-19-16-21(32)8-10-25(19,2)22(23)9-11-26(20,27)3/h15,17,19-23,32-33H,4-14,16H2,1-3H3,(H4,28,29,30)/b18-15+,31-17+/t19-,20-,21+,22+,23-,25+,26-,27+/m1/s1. The molecule has 4 fully saturated rings. The molecule has 34 heavy (non-hydrogen) atoms. The molecule has 0 heterocycles. The van der Waals surface area contributed by atoms with Crippen molar-refractivity contribution in [2.45, 2.75) is 96.7 Å². The average molecular weight is 475 g/mol. The predicted molar refractivity (Wildman–Crippen MR) is 135 cm³/mol. The second-order valence-electron chi connectivity index (χ2n) is 12.0. The Hall–Kier alpha value is -1.60. The first kappa shape index (κ1) is 25.5. The van der Waals surface area contributed by atoms with Crippen LogP contribution in [0.25, 0.3) is 0 Å². The van der Waals surface area contributed by atoms with E-state index in [4.69, 9.17) is 16.0 Å². The van der Waals surface area contributed by atoms with Gasteiger partial charge in [-0.1, -0.05) is 32.0 Å². The Labute approximate surface area is 205 Å². The number of rotatable bonds is 7. The van der Waals surface area contributed by atoms with Crippen LogP contribution in [-0.4, -0.2) is 47.2 Å². The molecule has 0 aromatic carbocycles. The van der Waals surface area contributed by atoms with E-state index in [1.165, 1.54) is 6.42 Å². The van der Waals surface area contributed by atoms with Crippen LogP contribution < -0.4 is 11.1 Å². The van der Waals surface area contributed by atoms with E-state index in [1.807, 2.05) is 0 Å². The highest BCUT2D eigenvalue weighted by Crippen LogP contribution is 2.69. The zero-order chi connectivity index (χ0) is 24.6. The van der Waals surface area contributed by atoms with Crippen LogP contribution in [0.5, 0.6) is 0 Å². The largest absolute Gasteiger partial charge is 0.394 e. The topological polar surface area (TPSA) is 124 Å². The van der Waals surface area contributed by atoms with Crippen LogP contribution in [0, 0.1) is 39.9 Å². The summed E-state index contributed by atoms with van der Waals surface area (Å²) in [5.41, 5.74) is 5.97. The zero-order valence-electron chi connectivity index (χ0n) is 21.4. The molecule has 192 valence electrons. The van der Waals surface area contributed by atoms with E-state index in [1.54, 1.807) is 6.21 Å². The van der Waals surface area contributed by atoms with Gasteiger partial charge in [-0.2, -0.15) is 0 Å². The van der Waals surface area contributed by atoms with Crippen molar-refractivity contribution >= 4 is 12.2 Å². The van der Waals surface area contributed by atoms with Gasteiger partial charge in [-0.05, 0) is 98.9 Å². The molecule has 0 bridgehead atoms. The first-order chi connectivity index (χ1) is 16.1. The van der Waals surface area contributed by atoms with Crippen LogP contribution in [0.2, 0.25) is 0 Å². The average Bonchev–Trinajstić information content (AvgIpc) is 3.06. The van der Waals surface area contributed by atoms with Crippen LogP contribution in [0.15, 0.2) is 16.8 Å². The number of oxime groups is 1. The number of hydrogen-bond acceptors (Lipinski definition) is 5. The highest BCUT2D eigenvalue weighted by molar-refractivity contribution is 5.78. The maximum absolute atomic E-state index is 12.3. The number of allylic oxidation sites excluding steroid dienone is 2. The predicted octanol–water partition coefficient (Wildman–Crippen LogP) is 3.94. The van der Waals surface area contributed by atoms with Crippen LogP contribution in [0.4, 0.5) is 0 Å². The molecule has 0 aromatic rings. The monoisotopic (exact) mass is 474 g/mol. The molecule has 4 saturated carbocycles. The lowest BCUT2D eigenvalue weighted by Crippen LogP contribution is -2.62. The van der Waals surface area contributed by atoms with E-state index >= 15 is 0 Å². The quantitative estimate of drug-likeness (QED) is 0.165. The number of nitrogens with one attached hydrogen (secondary N) is 2. The minimum atomic E-state index is -0.605. The number of hydrogen-bond donors (Lipinski definition) is 5. The van der Waals surface area contributed by atoms with E-state index in [0.717, 1.165) is 63.4 Å². The Morgan fingerprint density at radius 3 is 2.68 bits per heavy atom. The number of nitrogens with zero attached hydrogens (tertiary/aromatic N) is 1. The van der Waals surface area contributed by atoms with Gasteiger partial charge in [0, 0.05) is 5.41 Å². The number of aliphatic hydroxyl groups excluding tert-OH is 1. The molecule has 0 radical (unpaired) electrons. The van der Waals surface area contributed by atoms with Crippen molar-refractivity contribution in [1.82, 2.24) is 5.32 Å². The van der Waals surface area contributed by atoms with E-state index < -0.39 is 5.60 Å². The number of nitrogens with two attached hydrogens (primary N) is 1. The Morgan fingerprint density at radius 2 is 1.94 bits per heavy atom. The first-order valence-corrected chi connectivity index (χ1v) is 13.5. The minimum Gasteiger partial charge on any atom is -0.394 e. The van der Waals surface area contributed by atoms with Gasteiger partial charge in [0.2, 0.25) is 0 Å². The molecule has 0 unspecified atom stereocenters. The van der Waals surface area contributed by atoms with Crippen LogP contribution in [0.3, 0.4) is 0 Å². The molecule has 0 aromatic heterocycles. The summed E-state index contributed by atoms with van der Waals surface area (Å²) in [5, 5.41) is 36.6. The maximum atomic E-state index is 12.3. The third-order valence-electron chi connectivity index (χ3n) is 10.5. The van der Waals surface area contributed by atoms with Gasteiger partial charge in [0.1, 0.15) is 6.61 Å². The molecule has 7 heteroatoms. The second kappa shape index (κ2) is 9.81. The molecular weight excluding hydrogens is 428 g/mol. The summed E-state index contributed by atoms with van der Waals surface area (Å²) in [5.74, 6) is 1.83. The highest BCUT2D eigenvalue weighted by atomic mass is 16.6. The lowest BCUT2D eigenvalue weighted by molar-refractivity contribution is -0.207. The fraction of sp³-hybridized carbons (Fsp3) is 0.852. The van der Waals surface area contributed by atoms with Crippen molar-refractivity contribution in [3.05, 3.63) is 11.6 Å². The fourth-order valence-electron chi connectivity index (χ4n) is 8.41. The molecule has 4 rings (SSSR count). The van der Waals surface area contributed by atoms with Gasteiger partial charge in [-0.25, -0.2) is 0 Å². The summed E-state index contributed by atoms with van der Waals surface area (Å²) in [7, 11) is 0. The molecule has 0 spiro atoms. The van der Waals surface area contributed by atoms with Gasteiger partial charge in [0.25, 0.3) is 0 Å². The summed E-state index contributed by atoms with van der Waals surface area (Å²) in [4.78, 5) is 5.32. The van der Waals surface area contributed by atoms with E-state index in [-0.39, 0.29) is 22.9 Å². The molecule has 8 atom stereocenters. The van der Waals surface area contributed by atoms with Gasteiger partial charge < -0.3 is 26.1 Å². The zero-order valence-corrected chi connectivity index (χ0v) is 21.4. The van der Waals surface area contributed by atoms with Crippen molar-refractivity contribution in [2.75, 3.05) is 13.2 Å². The van der Waals surface area contributed by atoms with E-state index in [2.05, 4.69) is 37.3 Å². The highest BCUT2D eigenvalue weighted by Gasteiger charge is 2.66. The summed E-state index contributed by atoms with van der Waals surface area (Å²) in [6, 6.07) is 0. The normalized spacial score (nSPS) is 44.3. The van der Waals surface area contributed by atoms with Crippen molar-refractivity contribution in [3.8, 4) is 0 Å². The molecule has 7 nitrogen and oxygen atoms in total. The van der Waals surface area contributed by atoms with Crippen molar-refractivity contribution < 1.29 is 15.1 Å². The van der Waals surface area contributed by atoms with Gasteiger partial charge >= 0.3 is 0 Å². The molecule has 4 aliphatic rings. The Balaban J connectivity index is 1.46. The fourth-order valence-corrected chi connectivity index (χ4v) is 8.41. The molecule has 0 saturated heterocycles. The first-order valence-electron chi connectivity index (χ1n) is 13.5. The molecule has 0 aliphatic heterocycles. The number of guanidine groups is 1. The lowest BCUT2D eigenvalue weighted by Gasteiger charge is -2.63. The SMILES string of the molecule is CCC(/C=N/OCCNC(=N)N)=C\[C@H]1CC[C@]2(O)[C@@H]3CC[C@@H]4C[C@@H](O)CC[C@]4(C)[C@H]3CC[C@]12C. The summed E-state index contributed by atoms with van der Waals surface area (Å²) < 4.78 is 0. The molecule has 4 aliphatic carbocycles. The van der Waals surface area contributed by atoms with Gasteiger partial charge in [0.05, 0.1) is 24.5 Å². The van der Waals surface area contributed by atoms with Crippen molar-refractivity contribution in [3.63, 3.8) is 0 Å². The van der Waals surface area contributed by atoms with Crippen LogP contribution in [0.1, 0.15) is 85.0 Å². The third kappa shape index (κ3) is 4.39. The second-order valence-corrected chi connectivity index (χ2v) is 12.0. The van der Waals surface area contributed by atoms with Crippen LogP contribution in [-0.2, 0) is 4.84 Å². The number of aliphatic hydroxyl groups is 2. The lowest BCUT2D eigenvalue weighted by atomic mass is 9.43. The Kier molecular flexibility index (Phi) is 7.35. The Morgan fingerprint density at radius 1 is 1.15 bits per heavy atom. The molecule has 0 amide bonds. The maximum Gasteiger partial charge on any atom is 0.185 e. The van der Waals surface area contributed by atoms with E-state index in [0.29, 0.717) is 36.8 Å². The van der Waals surface area contributed by atoms with Crippen LogP contribution >= 0.6 is 0 Å². The smallest absolute Gasteiger partial charge is 0.185 e. The molecular formula is C27H46N4O3. The summed E-state index contributed by atoms with van der Waals surface area (Å²) in [6.07, 6.45) is 14.3. The van der Waals surface area contributed by atoms with Gasteiger partial charge in [0.15, 0.2) is 5.96 Å². The minimum absolute atomic E-state index is 0.0676.